The molecule has 0 bridgehead atoms. The number of nitrogens with one attached hydrogen (secondary N) is 1. The second kappa shape index (κ2) is 8.56. The normalized spacial score (nSPS) is 12.4. The van der Waals surface area contributed by atoms with Crippen LogP contribution < -0.4 is 10.1 Å². The molecule has 1 atom stereocenters. The van der Waals surface area contributed by atoms with Crippen LogP contribution in [0.15, 0.2) is 24.3 Å². The SMILES string of the molecule is COc1ccc(C(CC(=O)N(C)CCC(F)(F)F)NC(C)=O)cc1. The number of hydrogen-bond donors (Lipinski definition) is 1. The molecule has 0 aliphatic heterocycles. The van der Waals surface area contributed by atoms with Crippen LogP contribution >= 0.6 is 0 Å². The summed E-state index contributed by atoms with van der Waals surface area (Å²) in [7, 11) is 2.83. The fourth-order valence-corrected chi connectivity index (χ4v) is 2.08. The average molecular weight is 346 g/mol. The smallest absolute Gasteiger partial charge is 0.390 e. The van der Waals surface area contributed by atoms with Crippen LogP contribution in [-0.4, -0.2) is 43.6 Å². The molecule has 0 heterocycles. The molecule has 0 radical (unpaired) electrons. The largest absolute Gasteiger partial charge is 0.497 e. The molecule has 0 saturated carbocycles. The number of carbonyl (C=O) groups excluding carboxylic acids is 2. The lowest BCUT2D eigenvalue weighted by Gasteiger charge is -2.23. The van der Waals surface area contributed by atoms with Gasteiger partial charge in [-0.25, -0.2) is 0 Å². The lowest BCUT2D eigenvalue weighted by atomic mass is 10.0. The maximum atomic E-state index is 12.2. The Morgan fingerprint density at radius 2 is 1.83 bits per heavy atom. The quantitative estimate of drug-likeness (QED) is 0.826. The molecule has 5 nitrogen and oxygen atoms in total. The Morgan fingerprint density at radius 3 is 2.29 bits per heavy atom. The number of halogens is 3. The van der Waals surface area contributed by atoms with Crippen molar-refractivity contribution in [2.24, 2.45) is 0 Å². The summed E-state index contributed by atoms with van der Waals surface area (Å²) in [5.41, 5.74) is 0.670. The van der Waals surface area contributed by atoms with Gasteiger partial charge in [-0.1, -0.05) is 12.1 Å². The van der Waals surface area contributed by atoms with Crippen molar-refractivity contribution in [2.75, 3.05) is 20.7 Å². The molecule has 2 amide bonds. The van der Waals surface area contributed by atoms with E-state index in [4.69, 9.17) is 4.74 Å². The summed E-state index contributed by atoms with van der Waals surface area (Å²) >= 11 is 0. The molecule has 1 aromatic carbocycles. The van der Waals surface area contributed by atoms with Gasteiger partial charge in [0.05, 0.1) is 26.0 Å². The first kappa shape index (κ1) is 19.8. The molecule has 8 heteroatoms. The van der Waals surface area contributed by atoms with E-state index in [9.17, 15) is 22.8 Å². The Bertz CT molecular complexity index is 559. The first-order valence-electron chi connectivity index (χ1n) is 7.34. The van der Waals surface area contributed by atoms with Gasteiger partial charge in [0.1, 0.15) is 5.75 Å². The molecule has 1 rings (SSSR count). The fraction of sp³-hybridized carbons (Fsp3) is 0.500. The Labute approximate surface area is 138 Å². The third-order valence-electron chi connectivity index (χ3n) is 3.43. The molecule has 0 aliphatic rings. The third kappa shape index (κ3) is 6.89. The number of ether oxygens (including phenoxy) is 1. The zero-order valence-corrected chi connectivity index (χ0v) is 13.8. The predicted molar refractivity (Wildman–Crippen MR) is 82.5 cm³/mol. The van der Waals surface area contributed by atoms with Crippen LogP contribution in [0.2, 0.25) is 0 Å². The van der Waals surface area contributed by atoms with E-state index in [-0.39, 0.29) is 12.3 Å². The zero-order valence-electron chi connectivity index (χ0n) is 13.8. The molecule has 134 valence electrons. The van der Waals surface area contributed by atoms with E-state index in [1.54, 1.807) is 24.3 Å². The fourth-order valence-electron chi connectivity index (χ4n) is 2.08. The molecule has 0 aromatic heterocycles. The highest BCUT2D eigenvalue weighted by atomic mass is 19.4. The summed E-state index contributed by atoms with van der Waals surface area (Å²) < 4.78 is 41.8. The predicted octanol–water partition coefficient (Wildman–Crippen LogP) is 2.67. The van der Waals surface area contributed by atoms with Crippen molar-refractivity contribution in [3.05, 3.63) is 29.8 Å². The van der Waals surface area contributed by atoms with Crippen LogP contribution in [0.3, 0.4) is 0 Å². The van der Waals surface area contributed by atoms with Gasteiger partial charge in [0, 0.05) is 20.5 Å². The first-order valence-corrected chi connectivity index (χ1v) is 7.34. The summed E-state index contributed by atoms with van der Waals surface area (Å²) in [6.45, 7) is 0.895. The van der Waals surface area contributed by atoms with E-state index in [0.717, 1.165) is 4.90 Å². The van der Waals surface area contributed by atoms with Gasteiger partial charge in [0.25, 0.3) is 0 Å². The van der Waals surface area contributed by atoms with Crippen molar-refractivity contribution < 1.29 is 27.5 Å². The van der Waals surface area contributed by atoms with E-state index in [1.165, 1.54) is 21.1 Å². The second-order valence-corrected chi connectivity index (χ2v) is 5.41. The Balaban J connectivity index is 2.77. The highest BCUT2D eigenvalue weighted by Crippen LogP contribution is 2.22. The molecule has 0 spiro atoms. The molecule has 1 aromatic rings. The summed E-state index contributed by atoms with van der Waals surface area (Å²) in [5, 5.41) is 2.64. The standard InChI is InChI=1S/C16H21F3N2O3/c1-11(22)20-14(12-4-6-13(24-3)7-5-12)10-15(23)21(2)9-8-16(17,18)19/h4-7,14H,8-10H2,1-3H3,(H,20,22). The van der Waals surface area contributed by atoms with Crippen molar-refractivity contribution in [1.29, 1.82) is 0 Å². The van der Waals surface area contributed by atoms with Gasteiger partial charge < -0.3 is 15.0 Å². The molecule has 0 fully saturated rings. The Hall–Kier alpha value is -2.25. The third-order valence-corrected chi connectivity index (χ3v) is 3.43. The molecular formula is C16H21F3N2O3. The number of rotatable bonds is 7. The van der Waals surface area contributed by atoms with E-state index in [0.29, 0.717) is 11.3 Å². The van der Waals surface area contributed by atoms with Gasteiger partial charge in [0.15, 0.2) is 0 Å². The minimum Gasteiger partial charge on any atom is -0.497 e. The van der Waals surface area contributed by atoms with Crippen molar-refractivity contribution in [3.8, 4) is 5.75 Å². The lowest BCUT2D eigenvalue weighted by molar-refractivity contribution is -0.144. The van der Waals surface area contributed by atoms with Gasteiger partial charge in [-0.3, -0.25) is 9.59 Å². The molecule has 1 unspecified atom stereocenters. The van der Waals surface area contributed by atoms with Gasteiger partial charge in [-0.05, 0) is 17.7 Å². The minimum absolute atomic E-state index is 0.125. The van der Waals surface area contributed by atoms with Gasteiger partial charge in [-0.2, -0.15) is 13.2 Å². The number of alkyl halides is 3. The van der Waals surface area contributed by atoms with Crippen molar-refractivity contribution in [1.82, 2.24) is 10.2 Å². The van der Waals surface area contributed by atoms with E-state index in [2.05, 4.69) is 5.32 Å². The molecule has 1 N–H and O–H groups in total. The molecule has 0 aliphatic carbocycles. The van der Waals surface area contributed by atoms with Crippen molar-refractivity contribution >= 4 is 11.8 Å². The summed E-state index contributed by atoms with van der Waals surface area (Å²) in [6, 6.07) is 6.14. The lowest BCUT2D eigenvalue weighted by Crippen LogP contribution is -2.35. The van der Waals surface area contributed by atoms with Gasteiger partial charge in [-0.15, -0.1) is 0 Å². The number of methoxy groups -OCH3 is 1. The van der Waals surface area contributed by atoms with Crippen LogP contribution in [0.5, 0.6) is 5.75 Å². The highest BCUT2D eigenvalue weighted by molar-refractivity contribution is 5.79. The van der Waals surface area contributed by atoms with Gasteiger partial charge >= 0.3 is 6.18 Å². The Morgan fingerprint density at radius 1 is 1.25 bits per heavy atom. The number of hydrogen-bond acceptors (Lipinski definition) is 3. The first-order chi connectivity index (χ1) is 11.1. The molecule has 24 heavy (non-hydrogen) atoms. The van der Waals surface area contributed by atoms with E-state index >= 15 is 0 Å². The van der Waals surface area contributed by atoms with Crippen LogP contribution in [0.4, 0.5) is 13.2 Å². The van der Waals surface area contributed by atoms with E-state index in [1.807, 2.05) is 0 Å². The van der Waals surface area contributed by atoms with Crippen LogP contribution in [0, 0.1) is 0 Å². The van der Waals surface area contributed by atoms with Crippen molar-refractivity contribution in [2.45, 2.75) is 32.0 Å². The summed E-state index contributed by atoms with van der Waals surface area (Å²) in [4.78, 5) is 24.5. The second-order valence-electron chi connectivity index (χ2n) is 5.41. The summed E-state index contributed by atoms with van der Waals surface area (Å²) in [5.74, 6) is -0.190. The monoisotopic (exact) mass is 346 g/mol. The average Bonchev–Trinajstić information content (AvgIpc) is 2.50. The summed E-state index contributed by atoms with van der Waals surface area (Å²) in [6.07, 6.45) is -5.51. The molecule has 0 saturated heterocycles. The van der Waals surface area contributed by atoms with Gasteiger partial charge in [0.2, 0.25) is 11.8 Å². The zero-order chi connectivity index (χ0) is 18.3. The highest BCUT2D eigenvalue weighted by Gasteiger charge is 2.28. The number of nitrogens with zero attached hydrogens (tertiary/aromatic N) is 1. The van der Waals surface area contributed by atoms with Crippen LogP contribution in [-0.2, 0) is 9.59 Å². The van der Waals surface area contributed by atoms with Crippen LogP contribution in [0.25, 0.3) is 0 Å². The number of carbonyl (C=O) groups is 2. The number of amides is 2. The van der Waals surface area contributed by atoms with Crippen molar-refractivity contribution in [3.63, 3.8) is 0 Å². The maximum absolute atomic E-state index is 12.2. The topological polar surface area (TPSA) is 58.6 Å². The minimum atomic E-state index is -4.32. The number of benzene rings is 1. The van der Waals surface area contributed by atoms with E-state index < -0.39 is 31.1 Å². The maximum Gasteiger partial charge on any atom is 0.390 e. The molecular weight excluding hydrogens is 325 g/mol. The van der Waals surface area contributed by atoms with Crippen LogP contribution in [0.1, 0.15) is 31.4 Å². The Kier molecular flexibility index (Phi) is 7.06.